The predicted molar refractivity (Wildman–Crippen MR) is 94.9 cm³/mol. The summed E-state index contributed by atoms with van der Waals surface area (Å²) in [5, 5.41) is 1.07. The Morgan fingerprint density at radius 1 is 1.17 bits per heavy atom. The number of halogens is 1. The Hall–Kier alpha value is -1.24. The number of benzene rings is 1. The zero-order valence-electron chi connectivity index (χ0n) is 13.1. The van der Waals surface area contributed by atoms with Gasteiger partial charge in [0, 0.05) is 54.9 Å². The van der Waals surface area contributed by atoms with Crippen LogP contribution < -0.4 is 4.90 Å². The lowest BCUT2D eigenvalue weighted by Crippen LogP contribution is -2.38. The average molecular weight is 377 g/mol. The molecule has 2 fully saturated rings. The van der Waals surface area contributed by atoms with E-state index in [1.54, 1.807) is 0 Å². The van der Waals surface area contributed by atoms with Gasteiger partial charge >= 0.3 is 0 Å². The lowest BCUT2D eigenvalue weighted by atomic mass is 10.2. The van der Waals surface area contributed by atoms with Gasteiger partial charge < -0.3 is 9.64 Å². The summed E-state index contributed by atoms with van der Waals surface area (Å²) in [6.45, 7) is 6.01. The summed E-state index contributed by atoms with van der Waals surface area (Å²) in [5.41, 5.74) is 1.00. The molecule has 1 aromatic heterocycles. The van der Waals surface area contributed by atoms with E-state index < -0.39 is 0 Å². The van der Waals surface area contributed by atoms with Crippen LogP contribution in [-0.4, -0.2) is 60.3 Å². The zero-order valence-corrected chi connectivity index (χ0v) is 14.7. The van der Waals surface area contributed by atoms with Gasteiger partial charge in [0.05, 0.1) is 12.1 Å². The van der Waals surface area contributed by atoms with Crippen molar-refractivity contribution in [2.45, 2.75) is 18.9 Å². The minimum absolute atomic E-state index is 0.602. The number of rotatable bonds is 2. The molecule has 3 heterocycles. The lowest BCUT2D eigenvalue weighted by Gasteiger charge is -2.26. The maximum absolute atomic E-state index is 5.54. The van der Waals surface area contributed by atoms with Crippen LogP contribution in [0.5, 0.6) is 0 Å². The summed E-state index contributed by atoms with van der Waals surface area (Å²) < 4.78 is 6.60. The van der Waals surface area contributed by atoms with Crippen LogP contribution in [0.25, 0.3) is 10.9 Å². The molecule has 2 aliphatic heterocycles. The minimum atomic E-state index is 0.602. The molecule has 0 radical (unpaired) electrons. The first kappa shape index (κ1) is 15.3. The van der Waals surface area contributed by atoms with Crippen molar-refractivity contribution in [3.05, 3.63) is 28.9 Å². The molecule has 4 rings (SSSR count). The molecular weight excluding hydrogens is 356 g/mol. The van der Waals surface area contributed by atoms with Crippen LogP contribution in [0.1, 0.15) is 12.8 Å². The van der Waals surface area contributed by atoms with Gasteiger partial charge in [0.25, 0.3) is 0 Å². The first-order valence-corrected chi connectivity index (χ1v) is 9.08. The van der Waals surface area contributed by atoms with Crippen molar-refractivity contribution < 1.29 is 4.74 Å². The Morgan fingerprint density at radius 2 is 2.13 bits per heavy atom. The lowest BCUT2D eigenvalue weighted by molar-refractivity contribution is 0.148. The third kappa shape index (κ3) is 3.34. The molecule has 0 amide bonds. The van der Waals surface area contributed by atoms with Gasteiger partial charge in [-0.25, -0.2) is 9.97 Å². The number of fused-ring (bicyclic) bond motifs is 1. The van der Waals surface area contributed by atoms with E-state index in [0.29, 0.717) is 6.04 Å². The fraction of sp³-hybridized carbons (Fsp3) is 0.529. The first-order chi connectivity index (χ1) is 11.3. The number of nitrogens with zero attached hydrogens (tertiary/aromatic N) is 4. The van der Waals surface area contributed by atoms with E-state index in [9.17, 15) is 0 Å². The van der Waals surface area contributed by atoms with Crippen molar-refractivity contribution in [3.63, 3.8) is 0 Å². The second kappa shape index (κ2) is 6.71. The van der Waals surface area contributed by atoms with Gasteiger partial charge in [-0.3, -0.25) is 4.90 Å². The SMILES string of the molecule is Brc1ccc2nc(N3CCCN(C4CCOC4)CC3)ncc2c1. The van der Waals surface area contributed by atoms with Crippen molar-refractivity contribution in [2.75, 3.05) is 44.3 Å². The Labute approximate surface area is 144 Å². The number of ether oxygens (including phenoxy) is 1. The normalized spacial score (nSPS) is 23.3. The van der Waals surface area contributed by atoms with E-state index in [0.717, 1.165) is 67.1 Å². The van der Waals surface area contributed by atoms with Crippen LogP contribution in [0, 0.1) is 0 Å². The van der Waals surface area contributed by atoms with Crippen molar-refractivity contribution in [1.82, 2.24) is 14.9 Å². The molecule has 1 unspecified atom stereocenters. The Balaban J connectivity index is 1.50. The number of anilines is 1. The average Bonchev–Trinajstić information content (AvgIpc) is 2.99. The van der Waals surface area contributed by atoms with Crippen molar-refractivity contribution in [1.29, 1.82) is 0 Å². The van der Waals surface area contributed by atoms with Crippen molar-refractivity contribution >= 4 is 32.8 Å². The third-order valence-corrected chi connectivity index (χ3v) is 5.26. The van der Waals surface area contributed by atoms with Crippen LogP contribution in [0.2, 0.25) is 0 Å². The van der Waals surface area contributed by atoms with Crippen molar-refractivity contribution in [2.24, 2.45) is 0 Å². The molecule has 1 atom stereocenters. The highest BCUT2D eigenvalue weighted by molar-refractivity contribution is 9.10. The van der Waals surface area contributed by atoms with E-state index in [-0.39, 0.29) is 0 Å². The molecule has 2 aliphatic rings. The van der Waals surface area contributed by atoms with Crippen molar-refractivity contribution in [3.8, 4) is 0 Å². The topological polar surface area (TPSA) is 41.5 Å². The molecule has 0 N–H and O–H groups in total. The van der Waals surface area contributed by atoms with E-state index in [4.69, 9.17) is 9.72 Å². The summed E-state index contributed by atoms with van der Waals surface area (Å²) >= 11 is 3.49. The first-order valence-electron chi connectivity index (χ1n) is 8.29. The van der Waals surface area contributed by atoms with Gasteiger partial charge in [0.2, 0.25) is 5.95 Å². The molecule has 2 saturated heterocycles. The van der Waals surface area contributed by atoms with E-state index >= 15 is 0 Å². The predicted octanol–water partition coefficient (Wildman–Crippen LogP) is 2.69. The Morgan fingerprint density at radius 3 is 3.00 bits per heavy atom. The fourth-order valence-electron chi connectivity index (χ4n) is 3.46. The summed E-state index contributed by atoms with van der Waals surface area (Å²) in [5.74, 6) is 0.851. The number of hydrogen-bond acceptors (Lipinski definition) is 5. The standard InChI is InChI=1S/C17H21BrN4O/c18-14-2-3-16-13(10-14)11-19-17(20-16)22-6-1-5-21(7-8-22)15-4-9-23-12-15/h2-3,10-11,15H,1,4-9,12H2. The van der Waals surface area contributed by atoms with Gasteiger partial charge in [-0.05, 0) is 31.0 Å². The third-order valence-electron chi connectivity index (χ3n) is 4.76. The largest absolute Gasteiger partial charge is 0.380 e. The number of aromatic nitrogens is 2. The quantitative estimate of drug-likeness (QED) is 0.805. The second-order valence-electron chi connectivity index (χ2n) is 6.27. The van der Waals surface area contributed by atoms with Gasteiger partial charge in [0.1, 0.15) is 0 Å². The summed E-state index contributed by atoms with van der Waals surface area (Å²) in [6.07, 6.45) is 4.25. The smallest absolute Gasteiger partial charge is 0.225 e. The Kier molecular flexibility index (Phi) is 4.46. The monoisotopic (exact) mass is 376 g/mol. The van der Waals surface area contributed by atoms with E-state index in [1.807, 2.05) is 18.3 Å². The molecule has 0 bridgehead atoms. The van der Waals surface area contributed by atoms with Gasteiger partial charge in [-0.1, -0.05) is 15.9 Å². The highest BCUT2D eigenvalue weighted by Gasteiger charge is 2.25. The highest BCUT2D eigenvalue weighted by atomic mass is 79.9. The molecule has 23 heavy (non-hydrogen) atoms. The van der Waals surface area contributed by atoms with Gasteiger partial charge in [0.15, 0.2) is 0 Å². The maximum Gasteiger partial charge on any atom is 0.225 e. The molecule has 6 heteroatoms. The highest BCUT2D eigenvalue weighted by Crippen LogP contribution is 2.21. The molecule has 0 saturated carbocycles. The maximum atomic E-state index is 5.54. The Bertz CT molecular complexity index is 689. The fourth-order valence-corrected chi connectivity index (χ4v) is 3.84. The van der Waals surface area contributed by atoms with Crippen LogP contribution in [0.15, 0.2) is 28.9 Å². The van der Waals surface area contributed by atoms with Gasteiger partial charge in [-0.2, -0.15) is 0 Å². The summed E-state index contributed by atoms with van der Waals surface area (Å²) in [6, 6.07) is 6.74. The van der Waals surface area contributed by atoms with Crippen LogP contribution in [0.3, 0.4) is 0 Å². The summed E-state index contributed by atoms with van der Waals surface area (Å²) in [7, 11) is 0. The molecule has 122 valence electrons. The minimum Gasteiger partial charge on any atom is -0.380 e. The summed E-state index contributed by atoms with van der Waals surface area (Å²) in [4.78, 5) is 14.2. The van der Waals surface area contributed by atoms with Crippen LogP contribution in [0.4, 0.5) is 5.95 Å². The van der Waals surface area contributed by atoms with Crippen LogP contribution >= 0.6 is 15.9 Å². The van der Waals surface area contributed by atoms with E-state index in [1.165, 1.54) is 6.42 Å². The second-order valence-corrected chi connectivity index (χ2v) is 7.18. The van der Waals surface area contributed by atoms with E-state index in [2.05, 4.69) is 36.8 Å². The molecule has 5 nitrogen and oxygen atoms in total. The molecular formula is C17H21BrN4O. The molecule has 1 aromatic carbocycles. The number of hydrogen-bond donors (Lipinski definition) is 0. The van der Waals surface area contributed by atoms with Crippen LogP contribution in [-0.2, 0) is 4.74 Å². The molecule has 0 spiro atoms. The molecule has 0 aliphatic carbocycles. The molecule has 2 aromatic rings. The zero-order chi connectivity index (χ0) is 15.6. The van der Waals surface area contributed by atoms with Gasteiger partial charge in [-0.15, -0.1) is 0 Å².